The molecule has 0 saturated heterocycles. The van der Waals surface area contributed by atoms with Crippen molar-refractivity contribution >= 4 is 17.5 Å². The van der Waals surface area contributed by atoms with Crippen molar-refractivity contribution in [3.05, 3.63) is 72.3 Å². The van der Waals surface area contributed by atoms with Gasteiger partial charge < -0.3 is 10.2 Å². The molecule has 0 aliphatic carbocycles. The largest absolute Gasteiger partial charge is 0.348 e. The van der Waals surface area contributed by atoms with Crippen LogP contribution in [0.15, 0.2) is 61.2 Å². The highest BCUT2D eigenvalue weighted by atomic mass is 16.2. The number of hydrogen-bond acceptors (Lipinski definition) is 5. The molecule has 0 fully saturated rings. The van der Waals surface area contributed by atoms with Crippen molar-refractivity contribution in [1.82, 2.24) is 20.3 Å². The minimum atomic E-state index is -0.161. The highest BCUT2D eigenvalue weighted by molar-refractivity contribution is 5.94. The Bertz CT molecular complexity index is 941. The first-order valence-electron chi connectivity index (χ1n) is 8.94. The normalized spacial score (nSPS) is 10.4. The molecule has 1 aromatic carbocycles. The molecule has 3 aromatic rings. The lowest BCUT2D eigenvalue weighted by atomic mass is 10.1. The van der Waals surface area contributed by atoms with Gasteiger partial charge in [0.25, 0.3) is 5.91 Å². The molecule has 1 N–H and O–H groups in total. The van der Waals surface area contributed by atoms with Crippen LogP contribution in [0.5, 0.6) is 0 Å². The number of hydrogen-bond donors (Lipinski definition) is 1. The Morgan fingerprint density at radius 2 is 1.75 bits per heavy atom. The lowest BCUT2D eigenvalue weighted by molar-refractivity contribution is -0.118. The van der Waals surface area contributed by atoms with Gasteiger partial charge in [-0.25, -0.2) is 9.97 Å². The third-order valence-electron chi connectivity index (χ3n) is 4.28. The first-order valence-corrected chi connectivity index (χ1v) is 8.94. The minimum Gasteiger partial charge on any atom is -0.348 e. The zero-order valence-electron chi connectivity index (χ0n) is 15.8. The molecule has 2 amide bonds. The van der Waals surface area contributed by atoms with Gasteiger partial charge in [0.05, 0.1) is 18.1 Å². The van der Waals surface area contributed by atoms with E-state index in [-0.39, 0.29) is 11.8 Å². The summed E-state index contributed by atoms with van der Waals surface area (Å²) in [6.07, 6.45) is 7.06. The monoisotopic (exact) mass is 375 g/mol. The fraction of sp³-hybridized carbons (Fsp3) is 0.190. The molecule has 3 rings (SSSR count). The topological polar surface area (TPSA) is 88.1 Å². The number of rotatable bonds is 6. The third kappa shape index (κ3) is 4.56. The lowest BCUT2D eigenvalue weighted by Crippen LogP contribution is -2.25. The summed E-state index contributed by atoms with van der Waals surface area (Å²) in [5.41, 5.74) is 2.92. The van der Waals surface area contributed by atoms with Crippen molar-refractivity contribution in [2.75, 3.05) is 11.9 Å². The Kier molecular flexibility index (Phi) is 6.06. The first kappa shape index (κ1) is 19.2. The molecule has 0 unspecified atom stereocenters. The SMILES string of the molecule is CCC(=O)N(C)c1cnc(-c2ccc(C(=O)NCc3cccnc3)cc2)nc1. The summed E-state index contributed by atoms with van der Waals surface area (Å²) in [5.74, 6) is 0.368. The van der Waals surface area contributed by atoms with Crippen molar-refractivity contribution in [2.24, 2.45) is 0 Å². The van der Waals surface area contributed by atoms with E-state index in [2.05, 4.69) is 20.3 Å². The Balaban J connectivity index is 1.65. The predicted octanol–water partition coefficient (Wildman–Crippen LogP) is 2.84. The number of nitrogens with one attached hydrogen (secondary N) is 1. The van der Waals surface area contributed by atoms with Crippen molar-refractivity contribution < 1.29 is 9.59 Å². The molecule has 0 radical (unpaired) electrons. The van der Waals surface area contributed by atoms with Crippen molar-refractivity contribution in [2.45, 2.75) is 19.9 Å². The summed E-state index contributed by atoms with van der Waals surface area (Å²) >= 11 is 0. The number of carbonyl (C=O) groups excluding carboxylic acids is 2. The molecular weight excluding hydrogens is 354 g/mol. The quantitative estimate of drug-likeness (QED) is 0.716. The van der Waals surface area contributed by atoms with Crippen molar-refractivity contribution in [1.29, 1.82) is 0 Å². The number of anilines is 1. The molecule has 142 valence electrons. The van der Waals surface area contributed by atoms with Gasteiger partial charge in [0.15, 0.2) is 5.82 Å². The second kappa shape index (κ2) is 8.85. The zero-order chi connectivity index (χ0) is 19.9. The number of amides is 2. The van der Waals surface area contributed by atoms with E-state index in [1.54, 1.807) is 56.1 Å². The number of nitrogens with zero attached hydrogens (tertiary/aromatic N) is 4. The van der Waals surface area contributed by atoms with Crippen LogP contribution in [0.3, 0.4) is 0 Å². The fourth-order valence-electron chi connectivity index (χ4n) is 2.58. The molecule has 0 spiro atoms. The molecule has 0 atom stereocenters. The highest BCUT2D eigenvalue weighted by Crippen LogP contribution is 2.18. The molecule has 0 saturated carbocycles. The van der Waals surface area contributed by atoms with Crippen LogP contribution in [0.25, 0.3) is 11.4 Å². The Morgan fingerprint density at radius 3 is 2.36 bits per heavy atom. The summed E-state index contributed by atoms with van der Waals surface area (Å²) in [4.78, 5) is 38.2. The molecule has 0 aliphatic heterocycles. The Morgan fingerprint density at radius 1 is 1.04 bits per heavy atom. The maximum absolute atomic E-state index is 12.3. The van der Waals surface area contributed by atoms with Gasteiger partial charge in [0.1, 0.15) is 0 Å². The fourth-order valence-corrected chi connectivity index (χ4v) is 2.58. The summed E-state index contributed by atoms with van der Waals surface area (Å²) in [6.45, 7) is 2.23. The van der Waals surface area contributed by atoms with E-state index in [9.17, 15) is 9.59 Å². The molecule has 0 aliphatic rings. The molecule has 2 heterocycles. The standard InChI is InChI=1S/C21H21N5O2/c1-3-19(27)26(2)18-13-23-20(24-14-18)16-6-8-17(9-7-16)21(28)25-12-15-5-4-10-22-11-15/h4-11,13-14H,3,12H2,1-2H3,(H,25,28). The van der Waals surface area contributed by atoms with E-state index >= 15 is 0 Å². The van der Waals surface area contributed by atoms with Gasteiger partial charge in [-0.15, -0.1) is 0 Å². The maximum atomic E-state index is 12.3. The van der Waals surface area contributed by atoms with E-state index in [0.29, 0.717) is 30.0 Å². The minimum absolute atomic E-state index is 0.00185. The van der Waals surface area contributed by atoms with Gasteiger partial charge in [-0.05, 0) is 23.8 Å². The molecule has 0 bridgehead atoms. The summed E-state index contributed by atoms with van der Waals surface area (Å²) in [6, 6.07) is 10.8. The van der Waals surface area contributed by atoms with Crippen LogP contribution in [0.2, 0.25) is 0 Å². The van der Waals surface area contributed by atoms with Crippen molar-refractivity contribution in [3.63, 3.8) is 0 Å². The van der Waals surface area contributed by atoms with E-state index in [0.717, 1.165) is 11.1 Å². The van der Waals surface area contributed by atoms with E-state index < -0.39 is 0 Å². The van der Waals surface area contributed by atoms with Gasteiger partial charge in [-0.3, -0.25) is 14.6 Å². The molecular formula is C21H21N5O2. The summed E-state index contributed by atoms with van der Waals surface area (Å²) < 4.78 is 0. The average Bonchev–Trinajstić information content (AvgIpc) is 2.77. The van der Waals surface area contributed by atoms with E-state index in [1.807, 2.05) is 19.1 Å². The predicted molar refractivity (Wildman–Crippen MR) is 107 cm³/mol. The van der Waals surface area contributed by atoms with Crippen LogP contribution in [0.4, 0.5) is 5.69 Å². The molecule has 2 aromatic heterocycles. The lowest BCUT2D eigenvalue weighted by Gasteiger charge is -2.15. The van der Waals surface area contributed by atoms with Crippen LogP contribution in [0, 0.1) is 0 Å². The summed E-state index contributed by atoms with van der Waals surface area (Å²) in [5, 5.41) is 2.86. The van der Waals surface area contributed by atoms with Crippen LogP contribution < -0.4 is 10.2 Å². The smallest absolute Gasteiger partial charge is 0.251 e. The van der Waals surface area contributed by atoms with Crippen LogP contribution in [0.1, 0.15) is 29.3 Å². The van der Waals surface area contributed by atoms with Gasteiger partial charge in [-0.1, -0.05) is 25.1 Å². The average molecular weight is 375 g/mol. The number of benzene rings is 1. The summed E-state index contributed by atoms with van der Waals surface area (Å²) in [7, 11) is 1.70. The van der Waals surface area contributed by atoms with Gasteiger partial charge in [0.2, 0.25) is 5.91 Å². The van der Waals surface area contributed by atoms with Gasteiger partial charge >= 0.3 is 0 Å². The molecule has 7 nitrogen and oxygen atoms in total. The molecule has 28 heavy (non-hydrogen) atoms. The number of carbonyl (C=O) groups is 2. The number of pyridine rings is 1. The van der Waals surface area contributed by atoms with Gasteiger partial charge in [0, 0.05) is 43.5 Å². The van der Waals surface area contributed by atoms with Gasteiger partial charge in [-0.2, -0.15) is 0 Å². The van der Waals surface area contributed by atoms with Crippen molar-refractivity contribution in [3.8, 4) is 11.4 Å². The number of aromatic nitrogens is 3. The molecule has 7 heteroatoms. The van der Waals surface area contributed by atoms with Crippen LogP contribution in [-0.2, 0) is 11.3 Å². The van der Waals surface area contributed by atoms with E-state index in [1.165, 1.54) is 4.90 Å². The van der Waals surface area contributed by atoms with Crippen LogP contribution in [-0.4, -0.2) is 33.8 Å². The second-order valence-electron chi connectivity index (χ2n) is 6.19. The second-order valence-corrected chi connectivity index (χ2v) is 6.19. The van der Waals surface area contributed by atoms with Crippen LogP contribution >= 0.6 is 0 Å². The third-order valence-corrected chi connectivity index (χ3v) is 4.28. The van der Waals surface area contributed by atoms with E-state index in [4.69, 9.17) is 0 Å². The maximum Gasteiger partial charge on any atom is 0.251 e. The first-order chi connectivity index (χ1) is 13.6. The Hall–Kier alpha value is -3.61. The highest BCUT2D eigenvalue weighted by Gasteiger charge is 2.11. The Labute approximate surface area is 163 Å². The zero-order valence-corrected chi connectivity index (χ0v) is 15.8.